The van der Waals surface area contributed by atoms with Gasteiger partial charge in [0.1, 0.15) is 0 Å². The van der Waals surface area contributed by atoms with Crippen LogP contribution in [0.25, 0.3) is 0 Å². The molecule has 0 spiro atoms. The predicted octanol–water partition coefficient (Wildman–Crippen LogP) is 1.29. The Hall–Kier alpha value is -1.88. The summed E-state index contributed by atoms with van der Waals surface area (Å²) in [5.41, 5.74) is 1.55. The molecule has 0 aliphatic rings. The molecule has 0 unspecified atom stereocenters. The van der Waals surface area contributed by atoms with Crippen molar-refractivity contribution in [3.8, 4) is 0 Å². The molecule has 19 heavy (non-hydrogen) atoms. The highest BCUT2D eigenvalue weighted by atomic mass is 16.5. The van der Waals surface area contributed by atoms with E-state index in [9.17, 15) is 4.79 Å². The molecule has 0 saturated heterocycles. The minimum absolute atomic E-state index is 0.205. The van der Waals surface area contributed by atoms with Crippen molar-refractivity contribution >= 4 is 11.9 Å². The molecule has 0 fully saturated rings. The van der Waals surface area contributed by atoms with Crippen LogP contribution in [0, 0.1) is 6.92 Å². The number of ether oxygens (including phenoxy) is 1. The molecular weight excluding hydrogens is 242 g/mol. The smallest absolute Gasteiger partial charge is 0.291 e. The number of amidine groups is 1. The summed E-state index contributed by atoms with van der Waals surface area (Å²) in [5, 5.41) is 2.67. The number of benzene rings is 1. The third-order valence-corrected chi connectivity index (χ3v) is 2.61. The number of aliphatic imine (C=N–C) groups is 1. The lowest BCUT2D eigenvalue weighted by atomic mass is 10.1. The summed E-state index contributed by atoms with van der Waals surface area (Å²) in [5.74, 6) is -0.205. The first kappa shape index (κ1) is 15.2. The van der Waals surface area contributed by atoms with Gasteiger partial charge in [-0.1, -0.05) is 18.2 Å². The van der Waals surface area contributed by atoms with Gasteiger partial charge in [-0.25, -0.2) is 4.99 Å². The van der Waals surface area contributed by atoms with Crippen molar-refractivity contribution in [3.63, 3.8) is 0 Å². The van der Waals surface area contributed by atoms with Crippen molar-refractivity contribution in [1.29, 1.82) is 0 Å². The van der Waals surface area contributed by atoms with Crippen molar-refractivity contribution in [3.05, 3.63) is 35.4 Å². The summed E-state index contributed by atoms with van der Waals surface area (Å²) in [4.78, 5) is 18.3. The highest BCUT2D eigenvalue weighted by molar-refractivity contribution is 6.04. The Morgan fingerprint density at radius 1 is 1.37 bits per heavy atom. The fourth-order valence-electron chi connectivity index (χ4n) is 1.50. The number of nitrogens with one attached hydrogen (secondary N) is 1. The van der Waals surface area contributed by atoms with Crippen LogP contribution in [0.15, 0.2) is 29.3 Å². The molecule has 0 aliphatic carbocycles. The number of nitrogens with zero attached hydrogens (tertiary/aromatic N) is 2. The van der Waals surface area contributed by atoms with Crippen molar-refractivity contribution in [1.82, 2.24) is 10.2 Å². The van der Waals surface area contributed by atoms with Crippen LogP contribution in [-0.4, -0.2) is 51.1 Å². The van der Waals surface area contributed by atoms with Gasteiger partial charge in [-0.05, 0) is 32.6 Å². The van der Waals surface area contributed by atoms with E-state index in [1.807, 2.05) is 44.1 Å². The molecule has 1 aromatic carbocycles. The van der Waals surface area contributed by atoms with Gasteiger partial charge >= 0.3 is 0 Å². The molecule has 0 aliphatic heterocycles. The van der Waals surface area contributed by atoms with E-state index in [0.717, 1.165) is 12.1 Å². The Morgan fingerprint density at radius 2 is 2.05 bits per heavy atom. The van der Waals surface area contributed by atoms with Crippen LogP contribution in [0.2, 0.25) is 0 Å². The third-order valence-electron chi connectivity index (χ3n) is 2.61. The first-order valence-corrected chi connectivity index (χ1v) is 6.14. The largest absolute Gasteiger partial charge is 0.468 e. The van der Waals surface area contributed by atoms with Crippen molar-refractivity contribution < 1.29 is 9.53 Å². The van der Waals surface area contributed by atoms with Crippen molar-refractivity contribution in [2.24, 2.45) is 4.99 Å². The number of likely N-dealkylation sites (N-methyl/N-ethyl adjacent to an activating group) is 1. The molecule has 1 aromatic rings. The topological polar surface area (TPSA) is 53.9 Å². The van der Waals surface area contributed by atoms with Gasteiger partial charge in [-0.15, -0.1) is 0 Å². The highest BCUT2D eigenvalue weighted by Crippen LogP contribution is 2.06. The monoisotopic (exact) mass is 263 g/mol. The quantitative estimate of drug-likeness (QED) is 0.658. The third kappa shape index (κ3) is 5.09. The standard InChI is InChI=1S/C14H21N3O2/c1-11-7-5-6-8-12(11)13(18)16-14(19-4)15-9-10-17(2)3/h5-8H,9-10H2,1-4H3,(H,15,16,18). The number of aryl methyl sites for hydroxylation is 1. The van der Waals surface area contributed by atoms with Crippen molar-refractivity contribution in [2.45, 2.75) is 6.92 Å². The minimum atomic E-state index is -0.205. The summed E-state index contributed by atoms with van der Waals surface area (Å²) < 4.78 is 5.06. The molecule has 1 rings (SSSR count). The second-order valence-corrected chi connectivity index (χ2v) is 4.46. The van der Waals surface area contributed by atoms with E-state index in [4.69, 9.17) is 4.74 Å². The zero-order valence-corrected chi connectivity index (χ0v) is 11.9. The predicted molar refractivity (Wildman–Crippen MR) is 76.5 cm³/mol. The molecule has 0 atom stereocenters. The molecular formula is C14H21N3O2. The summed E-state index contributed by atoms with van der Waals surface area (Å²) >= 11 is 0. The molecule has 104 valence electrons. The van der Waals surface area contributed by atoms with Crippen LogP contribution in [0.1, 0.15) is 15.9 Å². The maximum Gasteiger partial charge on any atom is 0.291 e. The van der Waals surface area contributed by atoms with Gasteiger partial charge in [0.15, 0.2) is 0 Å². The summed E-state index contributed by atoms with van der Waals surface area (Å²) in [6.07, 6.45) is 0. The van der Waals surface area contributed by atoms with Gasteiger partial charge in [-0.2, -0.15) is 0 Å². The van der Waals surface area contributed by atoms with E-state index < -0.39 is 0 Å². The first-order valence-electron chi connectivity index (χ1n) is 6.14. The van der Waals surface area contributed by atoms with Crippen LogP contribution in [0.5, 0.6) is 0 Å². The summed E-state index contributed by atoms with van der Waals surface area (Å²) in [6.45, 7) is 3.27. The summed E-state index contributed by atoms with van der Waals surface area (Å²) in [6, 6.07) is 7.64. The number of amides is 1. The highest BCUT2D eigenvalue weighted by Gasteiger charge is 2.10. The van der Waals surface area contributed by atoms with Crippen LogP contribution in [0.3, 0.4) is 0 Å². The normalized spacial score (nSPS) is 11.5. The van der Waals surface area contributed by atoms with E-state index in [1.165, 1.54) is 7.11 Å². The van der Waals surface area contributed by atoms with Crippen LogP contribution < -0.4 is 5.32 Å². The van der Waals surface area contributed by atoms with Crippen LogP contribution in [-0.2, 0) is 4.74 Å². The number of hydrogen-bond acceptors (Lipinski definition) is 4. The van der Waals surface area contributed by atoms with Crippen LogP contribution in [0.4, 0.5) is 0 Å². The maximum atomic E-state index is 12.0. The maximum absolute atomic E-state index is 12.0. The van der Waals surface area contributed by atoms with Gasteiger partial charge < -0.3 is 9.64 Å². The lowest BCUT2D eigenvalue weighted by Gasteiger charge is -2.10. The molecule has 5 nitrogen and oxygen atoms in total. The number of hydrogen-bond donors (Lipinski definition) is 1. The van der Waals surface area contributed by atoms with E-state index in [1.54, 1.807) is 6.07 Å². The molecule has 0 aromatic heterocycles. The number of rotatable bonds is 4. The molecule has 1 N–H and O–H groups in total. The second-order valence-electron chi connectivity index (χ2n) is 4.46. The van der Waals surface area contributed by atoms with Gasteiger partial charge in [-0.3, -0.25) is 10.1 Å². The zero-order chi connectivity index (χ0) is 14.3. The van der Waals surface area contributed by atoms with Crippen LogP contribution >= 0.6 is 0 Å². The Bertz CT molecular complexity index is 456. The number of methoxy groups -OCH3 is 1. The Labute approximate surface area is 114 Å². The lowest BCUT2D eigenvalue weighted by molar-refractivity contribution is 0.0968. The molecule has 0 saturated carbocycles. The fourth-order valence-corrected chi connectivity index (χ4v) is 1.50. The van der Waals surface area contributed by atoms with E-state index in [-0.39, 0.29) is 11.9 Å². The molecule has 0 radical (unpaired) electrons. The Kier molecular flexibility index (Phi) is 6.02. The summed E-state index contributed by atoms with van der Waals surface area (Å²) in [7, 11) is 5.43. The fraction of sp³-hybridized carbons (Fsp3) is 0.429. The SMILES string of the molecule is COC(=NCCN(C)C)NC(=O)c1ccccc1C. The van der Waals surface area contributed by atoms with Crippen molar-refractivity contribution in [2.75, 3.05) is 34.3 Å². The minimum Gasteiger partial charge on any atom is -0.468 e. The second kappa shape index (κ2) is 7.53. The molecule has 0 bridgehead atoms. The average molecular weight is 263 g/mol. The van der Waals surface area contributed by atoms with Gasteiger partial charge in [0.25, 0.3) is 11.9 Å². The van der Waals surface area contributed by atoms with Gasteiger partial charge in [0.2, 0.25) is 0 Å². The lowest BCUT2D eigenvalue weighted by Crippen LogP contribution is -2.33. The van der Waals surface area contributed by atoms with E-state index in [0.29, 0.717) is 12.1 Å². The van der Waals surface area contributed by atoms with E-state index in [2.05, 4.69) is 10.3 Å². The van der Waals surface area contributed by atoms with E-state index >= 15 is 0 Å². The number of carbonyl (C=O) groups is 1. The molecule has 1 amide bonds. The van der Waals surface area contributed by atoms with Gasteiger partial charge in [0, 0.05) is 12.1 Å². The zero-order valence-electron chi connectivity index (χ0n) is 11.9. The van der Waals surface area contributed by atoms with Gasteiger partial charge in [0.05, 0.1) is 13.7 Å². The molecule has 5 heteroatoms. The average Bonchev–Trinajstić information content (AvgIpc) is 2.37. The first-order chi connectivity index (χ1) is 9.04. The Balaban J connectivity index is 2.66. The Morgan fingerprint density at radius 3 is 2.63 bits per heavy atom. The number of carbonyl (C=O) groups excluding carboxylic acids is 1. The molecule has 0 heterocycles.